The van der Waals surface area contributed by atoms with E-state index < -0.39 is 0 Å². The first-order valence-electron chi connectivity index (χ1n) is 7.39. The van der Waals surface area contributed by atoms with E-state index >= 15 is 0 Å². The molecule has 0 atom stereocenters. The molecule has 0 spiro atoms. The number of hydrogen-bond donors (Lipinski definition) is 1. The molecular formula is C18H19N3O. The van der Waals surface area contributed by atoms with Crippen molar-refractivity contribution in [2.75, 3.05) is 6.61 Å². The molecule has 0 aliphatic heterocycles. The van der Waals surface area contributed by atoms with E-state index in [9.17, 15) is 0 Å². The number of H-pyrrole nitrogens is 1. The lowest BCUT2D eigenvalue weighted by Crippen LogP contribution is -1.92. The summed E-state index contributed by atoms with van der Waals surface area (Å²) in [5.41, 5.74) is 6.25. The van der Waals surface area contributed by atoms with Crippen molar-refractivity contribution in [3.63, 3.8) is 0 Å². The van der Waals surface area contributed by atoms with E-state index in [2.05, 4.69) is 33.4 Å². The average Bonchev–Trinajstić information content (AvgIpc) is 2.96. The first kappa shape index (κ1) is 14.3. The molecule has 1 N–H and O–H groups in total. The number of aryl methyl sites for hydroxylation is 2. The van der Waals surface area contributed by atoms with Gasteiger partial charge in [0.25, 0.3) is 0 Å². The van der Waals surface area contributed by atoms with Crippen LogP contribution < -0.4 is 4.74 Å². The highest BCUT2D eigenvalue weighted by atomic mass is 16.5. The maximum atomic E-state index is 5.58. The van der Waals surface area contributed by atoms with Crippen LogP contribution in [0.3, 0.4) is 0 Å². The maximum Gasteiger partial charge on any atom is 0.119 e. The van der Waals surface area contributed by atoms with E-state index in [0.717, 1.165) is 39.5 Å². The number of rotatable bonds is 4. The number of nitrogens with one attached hydrogen (secondary N) is 1. The molecule has 2 heterocycles. The fourth-order valence-electron chi connectivity index (χ4n) is 2.62. The van der Waals surface area contributed by atoms with Crippen LogP contribution in [0.15, 0.2) is 42.6 Å². The van der Waals surface area contributed by atoms with E-state index in [0.29, 0.717) is 6.61 Å². The number of benzene rings is 1. The SMILES string of the molecule is CCOc1cccc(-c2[nH]ncc2-c2cc(C)nc(C)c2)c1. The molecule has 0 aliphatic carbocycles. The highest BCUT2D eigenvalue weighted by Gasteiger charge is 2.11. The van der Waals surface area contributed by atoms with Crippen LogP contribution in [0, 0.1) is 13.8 Å². The second-order valence-electron chi connectivity index (χ2n) is 5.26. The normalized spacial score (nSPS) is 10.7. The lowest BCUT2D eigenvalue weighted by atomic mass is 10.0. The minimum Gasteiger partial charge on any atom is -0.494 e. The van der Waals surface area contributed by atoms with Crippen molar-refractivity contribution in [2.24, 2.45) is 0 Å². The van der Waals surface area contributed by atoms with Gasteiger partial charge in [-0.2, -0.15) is 5.10 Å². The number of nitrogens with zero attached hydrogens (tertiary/aromatic N) is 2. The van der Waals surface area contributed by atoms with Crippen molar-refractivity contribution >= 4 is 0 Å². The largest absolute Gasteiger partial charge is 0.494 e. The molecule has 112 valence electrons. The third-order valence-corrected chi connectivity index (χ3v) is 3.47. The lowest BCUT2D eigenvalue weighted by molar-refractivity contribution is 0.340. The minimum atomic E-state index is 0.655. The first-order valence-corrected chi connectivity index (χ1v) is 7.39. The number of pyridine rings is 1. The van der Waals surface area contributed by atoms with E-state index in [1.54, 1.807) is 0 Å². The summed E-state index contributed by atoms with van der Waals surface area (Å²) in [5.74, 6) is 0.864. The van der Waals surface area contributed by atoms with Gasteiger partial charge in [-0.25, -0.2) is 0 Å². The van der Waals surface area contributed by atoms with Crippen molar-refractivity contribution in [1.82, 2.24) is 15.2 Å². The third-order valence-electron chi connectivity index (χ3n) is 3.47. The van der Waals surface area contributed by atoms with Gasteiger partial charge in [-0.3, -0.25) is 10.1 Å². The number of aromatic amines is 1. The smallest absolute Gasteiger partial charge is 0.119 e. The highest BCUT2D eigenvalue weighted by molar-refractivity contribution is 5.80. The Kier molecular flexibility index (Phi) is 3.92. The van der Waals surface area contributed by atoms with E-state index in [1.165, 1.54) is 0 Å². The zero-order chi connectivity index (χ0) is 15.5. The molecule has 3 aromatic rings. The Hall–Kier alpha value is -2.62. The highest BCUT2D eigenvalue weighted by Crippen LogP contribution is 2.32. The van der Waals surface area contributed by atoms with E-state index in [4.69, 9.17) is 4.74 Å². The van der Waals surface area contributed by atoms with Crippen molar-refractivity contribution in [1.29, 1.82) is 0 Å². The molecule has 0 saturated heterocycles. The summed E-state index contributed by atoms with van der Waals surface area (Å²) in [7, 11) is 0. The van der Waals surface area contributed by atoms with Gasteiger partial charge in [0.2, 0.25) is 0 Å². The summed E-state index contributed by atoms with van der Waals surface area (Å²) >= 11 is 0. The van der Waals surface area contributed by atoms with Gasteiger partial charge in [0.1, 0.15) is 5.75 Å². The lowest BCUT2D eigenvalue weighted by Gasteiger charge is -2.08. The Labute approximate surface area is 130 Å². The maximum absolute atomic E-state index is 5.58. The summed E-state index contributed by atoms with van der Waals surface area (Å²) in [6.07, 6.45) is 1.86. The second kappa shape index (κ2) is 6.02. The zero-order valence-electron chi connectivity index (χ0n) is 13.1. The van der Waals surface area contributed by atoms with Crippen LogP contribution in [-0.4, -0.2) is 21.8 Å². The van der Waals surface area contributed by atoms with Gasteiger partial charge in [-0.05, 0) is 50.6 Å². The van der Waals surface area contributed by atoms with Gasteiger partial charge in [0.15, 0.2) is 0 Å². The topological polar surface area (TPSA) is 50.8 Å². The summed E-state index contributed by atoms with van der Waals surface area (Å²) in [5, 5.41) is 7.33. The molecule has 0 radical (unpaired) electrons. The standard InChI is InChI=1S/C18H19N3O/c1-4-22-16-7-5-6-14(10-16)18-17(11-19-21-18)15-8-12(2)20-13(3)9-15/h5-11H,4H2,1-3H3,(H,19,21). The van der Waals surface area contributed by atoms with Crippen molar-refractivity contribution in [3.8, 4) is 28.1 Å². The molecule has 2 aromatic heterocycles. The van der Waals surface area contributed by atoms with E-state index in [-0.39, 0.29) is 0 Å². The van der Waals surface area contributed by atoms with Crippen molar-refractivity contribution in [3.05, 3.63) is 54.0 Å². The molecule has 22 heavy (non-hydrogen) atoms. The van der Waals surface area contributed by atoms with Crippen LogP contribution >= 0.6 is 0 Å². The predicted octanol–water partition coefficient (Wildman–Crippen LogP) is 4.15. The van der Waals surface area contributed by atoms with Gasteiger partial charge in [0.05, 0.1) is 18.5 Å². The van der Waals surface area contributed by atoms with Crippen LogP contribution in [0.2, 0.25) is 0 Å². The Morgan fingerprint density at radius 2 is 1.82 bits per heavy atom. The summed E-state index contributed by atoms with van der Waals surface area (Å²) in [6, 6.07) is 12.2. The molecule has 4 nitrogen and oxygen atoms in total. The fraction of sp³-hybridized carbons (Fsp3) is 0.222. The first-order chi connectivity index (χ1) is 10.7. The van der Waals surface area contributed by atoms with Crippen LogP contribution in [-0.2, 0) is 0 Å². The van der Waals surface area contributed by atoms with Crippen molar-refractivity contribution in [2.45, 2.75) is 20.8 Å². The van der Waals surface area contributed by atoms with Gasteiger partial charge in [0, 0.05) is 22.5 Å². The van der Waals surface area contributed by atoms with Gasteiger partial charge >= 0.3 is 0 Å². The summed E-state index contributed by atoms with van der Waals surface area (Å²) in [4.78, 5) is 4.43. The van der Waals surface area contributed by atoms with Crippen LogP contribution in [0.1, 0.15) is 18.3 Å². The number of hydrogen-bond acceptors (Lipinski definition) is 3. The molecule has 0 bridgehead atoms. The molecule has 0 saturated carbocycles. The Morgan fingerprint density at radius 3 is 2.55 bits per heavy atom. The van der Waals surface area contributed by atoms with Crippen molar-refractivity contribution < 1.29 is 4.74 Å². The molecule has 0 fully saturated rings. The van der Waals surface area contributed by atoms with Gasteiger partial charge in [-0.15, -0.1) is 0 Å². The zero-order valence-corrected chi connectivity index (χ0v) is 13.1. The molecule has 3 rings (SSSR count). The van der Waals surface area contributed by atoms with Crippen LogP contribution in [0.25, 0.3) is 22.4 Å². The minimum absolute atomic E-state index is 0.655. The van der Waals surface area contributed by atoms with E-state index in [1.807, 2.05) is 45.2 Å². The Balaban J connectivity index is 2.07. The Morgan fingerprint density at radius 1 is 1.05 bits per heavy atom. The average molecular weight is 293 g/mol. The van der Waals surface area contributed by atoms with Crippen LogP contribution in [0.4, 0.5) is 0 Å². The second-order valence-corrected chi connectivity index (χ2v) is 5.26. The summed E-state index contributed by atoms with van der Waals surface area (Å²) < 4.78 is 5.58. The monoisotopic (exact) mass is 293 g/mol. The molecule has 0 amide bonds. The molecular weight excluding hydrogens is 274 g/mol. The third kappa shape index (κ3) is 2.86. The quantitative estimate of drug-likeness (QED) is 0.786. The number of aromatic nitrogens is 3. The molecule has 1 aromatic carbocycles. The van der Waals surface area contributed by atoms with Crippen LogP contribution in [0.5, 0.6) is 5.75 Å². The van der Waals surface area contributed by atoms with Gasteiger partial charge in [-0.1, -0.05) is 12.1 Å². The predicted molar refractivity (Wildman–Crippen MR) is 87.9 cm³/mol. The number of ether oxygens (including phenoxy) is 1. The fourth-order valence-corrected chi connectivity index (χ4v) is 2.62. The summed E-state index contributed by atoms with van der Waals surface area (Å²) in [6.45, 7) is 6.65. The molecule has 0 aliphatic rings. The molecule has 0 unspecified atom stereocenters. The Bertz CT molecular complexity index is 772. The van der Waals surface area contributed by atoms with Gasteiger partial charge < -0.3 is 4.74 Å². The molecule has 4 heteroatoms.